The van der Waals surface area contributed by atoms with Gasteiger partial charge in [0.1, 0.15) is 5.82 Å². The van der Waals surface area contributed by atoms with Crippen molar-refractivity contribution in [3.05, 3.63) is 23.9 Å². The van der Waals surface area contributed by atoms with E-state index in [0.29, 0.717) is 12.6 Å². The second kappa shape index (κ2) is 4.83. The standard InChI is InChI=1S/C13H23N3/c1-10(13(2,3)4)16(5)12-11(9-14)7-6-8-15-12/h6-8,10H,9,14H2,1-5H3. The average Bonchev–Trinajstić information content (AvgIpc) is 2.25. The van der Waals surface area contributed by atoms with Crippen molar-refractivity contribution < 1.29 is 0 Å². The molecule has 0 bridgehead atoms. The fourth-order valence-electron chi connectivity index (χ4n) is 1.67. The van der Waals surface area contributed by atoms with E-state index in [-0.39, 0.29) is 5.41 Å². The molecular weight excluding hydrogens is 198 g/mol. The van der Waals surface area contributed by atoms with Crippen LogP contribution in [0.15, 0.2) is 18.3 Å². The molecule has 0 saturated carbocycles. The maximum absolute atomic E-state index is 5.73. The summed E-state index contributed by atoms with van der Waals surface area (Å²) in [6.07, 6.45) is 1.82. The minimum Gasteiger partial charge on any atom is -0.356 e. The molecule has 3 heteroatoms. The fraction of sp³-hybridized carbons (Fsp3) is 0.615. The van der Waals surface area contributed by atoms with E-state index in [4.69, 9.17) is 5.73 Å². The minimum absolute atomic E-state index is 0.220. The van der Waals surface area contributed by atoms with Gasteiger partial charge in [0.2, 0.25) is 0 Å². The molecule has 0 amide bonds. The summed E-state index contributed by atoms with van der Waals surface area (Å²) in [4.78, 5) is 6.64. The zero-order valence-electron chi connectivity index (χ0n) is 11.0. The van der Waals surface area contributed by atoms with Crippen LogP contribution < -0.4 is 10.6 Å². The van der Waals surface area contributed by atoms with Crippen molar-refractivity contribution in [2.24, 2.45) is 11.1 Å². The highest BCUT2D eigenvalue weighted by Gasteiger charge is 2.25. The van der Waals surface area contributed by atoms with E-state index in [9.17, 15) is 0 Å². The van der Waals surface area contributed by atoms with E-state index in [1.54, 1.807) is 0 Å². The summed E-state index contributed by atoms with van der Waals surface area (Å²) < 4.78 is 0. The molecule has 1 aromatic heterocycles. The number of hydrogen-bond donors (Lipinski definition) is 1. The molecule has 0 radical (unpaired) electrons. The average molecular weight is 221 g/mol. The van der Waals surface area contributed by atoms with Crippen LogP contribution in [0, 0.1) is 5.41 Å². The monoisotopic (exact) mass is 221 g/mol. The topological polar surface area (TPSA) is 42.2 Å². The van der Waals surface area contributed by atoms with Gasteiger partial charge in [0, 0.05) is 31.4 Å². The summed E-state index contributed by atoms with van der Waals surface area (Å²) in [6, 6.07) is 4.38. The van der Waals surface area contributed by atoms with Crippen molar-refractivity contribution in [3.8, 4) is 0 Å². The number of hydrogen-bond acceptors (Lipinski definition) is 3. The van der Waals surface area contributed by atoms with Crippen LogP contribution in [0.25, 0.3) is 0 Å². The van der Waals surface area contributed by atoms with Crippen LogP contribution in [-0.4, -0.2) is 18.1 Å². The number of nitrogens with zero attached hydrogens (tertiary/aromatic N) is 2. The summed E-state index contributed by atoms with van der Waals surface area (Å²) in [5.74, 6) is 0.993. The van der Waals surface area contributed by atoms with Crippen molar-refractivity contribution in [1.29, 1.82) is 0 Å². The molecule has 1 unspecified atom stereocenters. The maximum atomic E-state index is 5.73. The third-order valence-electron chi connectivity index (χ3n) is 3.26. The lowest BCUT2D eigenvalue weighted by Gasteiger charge is -2.36. The summed E-state index contributed by atoms with van der Waals surface area (Å²) in [5, 5.41) is 0. The zero-order valence-corrected chi connectivity index (χ0v) is 11.0. The number of nitrogens with two attached hydrogens (primary N) is 1. The van der Waals surface area contributed by atoms with E-state index in [1.165, 1.54) is 0 Å². The first-order valence-electron chi connectivity index (χ1n) is 5.74. The third-order valence-corrected chi connectivity index (χ3v) is 3.26. The number of pyridine rings is 1. The lowest BCUT2D eigenvalue weighted by atomic mass is 9.87. The van der Waals surface area contributed by atoms with Crippen LogP contribution in [0.4, 0.5) is 5.82 Å². The summed E-state index contributed by atoms with van der Waals surface area (Å²) in [7, 11) is 2.08. The summed E-state index contributed by atoms with van der Waals surface area (Å²) >= 11 is 0. The van der Waals surface area contributed by atoms with Crippen molar-refractivity contribution in [2.45, 2.75) is 40.3 Å². The van der Waals surface area contributed by atoms with E-state index < -0.39 is 0 Å². The van der Waals surface area contributed by atoms with Crippen LogP contribution in [0.3, 0.4) is 0 Å². The van der Waals surface area contributed by atoms with Gasteiger partial charge in [-0.2, -0.15) is 0 Å². The van der Waals surface area contributed by atoms with Gasteiger partial charge < -0.3 is 10.6 Å². The Morgan fingerprint density at radius 2 is 2.06 bits per heavy atom. The maximum Gasteiger partial charge on any atom is 0.133 e. The van der Waals surface area contributed by atoms with Crippen molar-refractivity contribution >= 4 is 5.82 Å². The Kier molecular flexibility index (Phi) is 3.92. The minimum atomic E-state index is 0.220. The Labute approximate surface area is 98.7 Å². The molecule has 2 N–H and O–H groups in total. The predicted octanol–water partition coefficient (Wildman–Crippen LogP) is 2.41. The van der Waals surface area contributed by atoms with Gasteiger partial charge >= 0.3 is 0 Å². The molecule has 90 valence electrons. The van der Waals surface area contributed by atoms with Crippen molar-refractivity contribution in [2.75, 3.05) is 11.9 Å². The fourth-order valence-corrected chi connectivity index (χ4v) is 1.67. The van der Waals surface area contributed by atoms with Gasteiger partial charge in [-0.05, 0) is 18.4 Å². The summed E-state index contributed by atoms with van der Waals surface area (Å²) in [6.45, 7) is 9.46. The largest absolute Gasteiger partial charge is 0.356 e. The zero-order chi connectivity index (χ0) is 12.3. The number of anilines is 1. The van der Waals surface area contributed by atoms with E-state index >= 15 is 0 Å². The first kappa shape index (κ1) is 13.0. The lowest BCUT2D eigenvalue weighted by molar-refractivity contribution is 0.328. The molecule has 1 aromatic rings. The molecule has 0 aromatic carbocycles. The van der Waals surface area contributed by atoms with Gasteiger partial charge in [0.05, 0.1) is 0 Å². The van der Waals surface area contributed by atoms with Crippen LogP contribution >= 0.6 is 0 Å². The Hall–Kier alpha value is -1.09. The second-order valence-corrected chi connectivity index (χ2v) is 5.34. The quantitative estimate of drug-likeness (QED) is 0.852. The van der Waals surface area contributed by atoms with Crippen molar-refractivity contribution in [3.63, 3.8) is 0 Å². The number of aromatic nitrogens is 1. The Morgan fingerprint density at radius 3 is 2.56 bits per heavy atom. The normalized spacial score (nSPS) is 13.6. The highest BCUT2D eigenvalue weighted by Crippen LogP contribution is 2.27. The molecule has 0 aliphatic rings. The molecular formula is C13H23N3. The summed E-state index contributed by atoms with van der Waals surface area (Å²) in [5.41, 5.74) is 7.05. The van der Waals surface area contributed by atoms with Crippen LogP contribution in [-0.2, 0) is 6.54 Å². The van der Waals surface area contributed by atoms with E-state index in [2.05, 4.69) is 44.6 Å². The van der Waals surface area contributed by atoms with Crippen molar-refractivity contribution in [1.82, 2.24) is 4.98 Å². The predicted molar refractivity (Wildman–Crippen MR) is 69.4 cm³/mol. The van der Waals surface area contributed by atoms with Crippen LogP contribution in [0.1, 0.15) is 33.3 Å². The molecule has 0 spiro atoms. The molecule has 0 saturated heterocycles. The van der Waals surface area contributed by atoms with Gasteiger partial charge in [0.15, 0.2) is 0 Å². The molecule has 1 rings (SSSR count). The van der Waals surface area contributed by atoms with Gasteiger partial charge in [-0.1, -0.05) is 26.8 Å². The van der Waals surface area contributed by atoms with E-state index in [1.807, 2.05) is 18.3 Å². The van der Waals surface area contributed by atoms with Gasteiger partial charge in [-0.15, -0.1) is 0 Å². The van der Waals surface area contributed by atoms with Crippen LogP contribution in [0.2, 0.25) is 0 Å². The molecule has 1 heterocycles. The smallest absolute Gasteiger partial charge is 0.133 e. The molecule has 0 aliphatic carbocycles. The molecule has 0 aliphatic heterocycles. The molecule has 3 nitrogen and oxygen atoms in total. The highest BCUT2D eigenvalue weighted by atomic mass is 15.2. The van der Waals surface area contributed by atoms with Crippen LogP contribution in [0.5, 0.6) is 0 Å². The van der Waals surface area contributed by atoms with Gasteiger partial charge in [-0.3, -0.25) is 0 Å². The lowest BCUT2D eigenvalue weighted by Crippen LogP contribution is -2.40. The first-order valence-corrected chi connectivity index (χ1v) is 5.74. The molecule has 1 atom stereocenters. The van der Waals surface area contributed by atoms with Gasteiger partial charge in [-0.25, -0.2) is 4.98 Å². The second-order valence-electron chi connectivity index (χ2n) is 5.34. The molecule has 16 heavy (non-hydrogen) atoms. The van der Waals surface area contributed by atoms with Gasteiger partial charge in [0.25, 0.3) is 0 Å². The first-order chi connectivity index (χ1) is 7.38. The Balaban J connectivity index is 3.00. The Morgan fingerprint density at radius 1 is 1.44 bits per heavy atom. The van der Waals surface area contributed by atoms with E-state index in [0.717, 1.165) is 11.4 Å². The third kappa shape index (κ3) is 2.73. The Bertz CT molecular complexity index is 341. The SMILES string of the molecule is CC(N(C)c1ncccc1CN)C(C)(C)C. The number of rotatable bonds is 3. The molecule has 0 fully saturated rings. The highest BCUT2D eigenvalue weighted by molar-refractivity contribution is 5.47.